The van der Waals surface area contributed by atoms with E-state index in [1.807, 2.05) is 36.4 Å². The van der Waals surface area contributed by atoms with Crippen LogP contribution in [-0.2, 0) is 22.8 Å². The van der Waals surface area contributed by atoms with Crippen LogP contribution in [0.2, 0.25) is 0 Å². The van der Waals surface area contributed by atoms with Gasteiger partial charge in [-0.2, -0.15) is 0 Å². The summed E-state index contributed by atoms with van der Waals surface area (Å²) in [4.78, 5) is 23.7. The number of anilines is 1. The summed E-state index contributed by atoms with van der Waals surface area (Å²) in [6.07, 6.45) is 1.44. The van der Waals surface area contributed by atoms with E-state index in [0.29, 0.717) is 5.56 Å². The molecule has 0 saturated heterocycles. The fourth-order valence-electron chi connectivity index (χ4n) is 2.94. The Morgan fingerprint density at radius 3 is 2.22 bits per heavy atom. The second-order valence-electron chi connectivity index (χ2n) is 7.26. The van der Waals surface area contributed by atoms with E-state index in [0.717, 1.165) is 22.9 Å². The molecule has 0 aliphatic rings. The van der Waals surface area contributed by atoms with Crippen LogP contribution in [0.25, 0.3) is 11.1 Å². The first-order chi connectivity index (χ1) is 15.2. The fourth-order valence-corrected chi connectivity index (χ4v) is 3.39. The quantitative estimate of drug-likeness (QED) is 0.387. The lowest BCUT2D eigenvalue weighted by atomic mass is 10.0. The maximum atomic E-state index is 12.0. The zero-order valence-electron chi connectivity index (χ0n) is 17.8. The number of hydrogen-bond acceptors (Lipinski definition) is 6. The van der Waals surface area contributed by atoms with Crippen LogP contribution in [0, 0.1) is 0 Å². The van der Waals surface area contributed by atoms with Gasteiger partial charge in [0.05, 0.1) is 13.1 Å². The summed E-state index contributed by atoms with van der Waals surface area (Å²) in [6, 6.07) is 16.0. The number of benzene rings is 2. The summed E-state index contributed by atoms with van der Waals surface area (Å²) in [6.45, 7) is 0.135. The third kappa shape index (κ3) is 5.99. The van der Waals surface area contributed by atoms with E-state index < -0.39 is 20.9 Å². The van der Waals surface area contributed by atoms with Crippen LogP contribution in [-0.4, -0.2) is 34.4 Å². The summed E-state index contributed by atoms with van der Waals surface area (Å²) >= 11 is 0. The highest BCUT2D eigenvalue weighted by Crippen LogP contribution is 2.23. The van der Waals surface area contributed by atoms with Gasteiger partial charge in [-0.15, -0.1) is 0 Å². The second kappa shape index (κ2) is 9.71. The van der Waals surface area contributed by atoms with Crippen molar-refractivity contribution in [2.24, 2.45) is 0 Å². The number of amides is 1. The van der Waals surface area contributed by atoms with Gasteiger partial charge in [0.25, 0.3) is 5.91 Å². The average molecular weight is 456 g/mol. The number of aromatic hydroxyl groups is 1. The Labute approximate surface area is 186 Å². The Kier molecular flexibility index (Phi) is 7.01. The van der Waals surface area contributed by atoms with Crippen molar-refractivity contribution < 1.29 is 18.5 Å². The zero-order valence-corrected chi connectivity index (χ0v) is 18.6. The summed E-state index contributed by atoms with van der Waals surface area (Å²) in [5, 5.41) is 15.7. The van der Waals surface area contributed by atoms with Gasteiger partial charge in [-0.25, -0.2) is 4.72 Å². The Bertz CT molecular complexity index is 1260. The molecule has 0 radical (unpaired) electrons. The van der Waals surface area contributed by atoms with Crippen molar-refractivity contribution in [2.75, 3.05) is 18.6 Å². The molecule has 0 fully saturated rings. The summed E-state index contributed by atoms with van der Waals surface area (Å²) in [5.74, 6) is 3.20. The van der Waals surface area contributed by atoms with E-state index in [9.17, 15) is 18.9 Å². The van der Waals surface area contributed by atoms with Crippen molar-refractivity contribution >= 4 is 27.2 Å². The molecule has 0 spiro atoms. The maximum Gasteiger partial charge on any atom is 0.251 e. The minimum absolute atomic E-state index is 0.0504. The smallest absolute Gasteiger partial charge is 0.251 e. The molecular weight excluding hydrogens is 430 g/mol. The third-order valence-electron chi connectivity index (χ3n) is 4.64. The van der Waals surface area contributed by atoms with Crippen molar-refractivity contribution in [1.82, 2.24) is 10.0 Å². The molecule has 0 bridgehead atoms. The lowest BCUT2D eigenvalue weighted by molar-refractivity contribution is 0.0963. The number of carbonyl (C=O) groups excluding carboxylic acids is 1. The molecule has 4 N–H and O–H groups in total. The van der Waals surface area contributed by atoms with E-state index in [1.54, 1.807) is 19.2 Å². The Morgan fingerprint density at radius 2 is 1.66 bits per heavy atom. The molecule has 0 aliphatic heterocycles. The number of nitrogens with one attached hydrogen (secondary N) is 3. The van der Waals surface area contributed by atoms with Crippen LogP contribution >= 0.6 is 0 Å². The minimum Gasteiger partial charge on any atom is -0.502 e. The van der Waals surface area contributed by atoms with Crippen molar-refractivity contribution in [1.29, 1.82) is 0 Å². The van der Waals surface area contributed by atoms with Gasteiger partial charge in [0.2, 0.25) is 11.2 Å². The van der Waals surface area contributed by atoms with Gasteiger partial charge in [0, 0.05) is 40.3 Å². The van der Waals surface area contributed by atoms with Crippen LogP contribution < -0.4 is 20.8 Å². The first-order valence-electron chi connectivity index (χ1n) is 9.74. The molecule has 168 valence electrons. The van der Waals surface area contributed by atoms with Crippen molar-refractivity contribution in [3.8, 4) is 16.9 Å². The number of hydrogen-bond donors (Lipinski definition) is 4. The third-order valence-corrected chi connectivity index (χ3v) is 5.40. The van der Waals surface area contributed by atoms with Gasteiger partial charge in [0.1, 0.15) is 5.76 Å². The van der Waals surface area contributed by atoms with E-state index in [4.69, 9.17) is 4.42 Å². The number of carbonyl (C=O) groups is 1. The van der Waals surface area contributed by atoms with Crippen LogP contribution in [0.1, 0.15) is 21.9 Å². The molecule has 1 atom stereocenters. The van der Waals surface area contributed by atoms with Gasteiger partial charge in [0.15, 0.2) is 5.76 Å². The van der Waals surface area contributed by atoms with Crippen LogP contribution in [0.4, 0.5) is 5.69 Å². The van der Waals surface area contributed by atoms with Gasteiger partial charge >= 0.3 is 0 Å². The largest absolute Gasteiger partial charge is 0.502 e. The van der Waals surface area contributed by atoms with Crippen molar-refractivity contribution in [2.45, 2.75) is 13.1 Å². The van der Waals surface area contributed by atoms with Gasteiger partial charge in [-0.3, -0.25) is 13.8 Å². The molecule has 32 heavy (non-hydrogen) atoms. The monoisotopic (exact) mass is 455 g/mol. The Hall–Kier alpha value is -3.56. The number of rotatable bonds is 8. The molecule has 1 amide bonds. The molecule has 0 aliphatic carbocycles. The average Bonchev–Trinajstić information content (AvgIpc) is 2.78. The summed E-state index contributed by atoms with van der Waals surface area (Å²) in [7, 11) is -0.870. The van der Waals surface area contributed by atoms with E-state index in [-0.39, 0.29) is 30.5 Å². The van der Waals surface area contributed by atoms with Crippen molar-refractivity contribution in [3.05, 3.63) is 81.9 Å². The first kappa shape index (κ1) is 23.1. The predicted octanol–water partition coefficient (Wildman–Crippen LogP) is 2.33. The highest BCUT2D eigenvalue weighted by Gasteiger charge is 2.12. The van der Waals surface area contributed by atoms with Gasteiger partial charge in [-0.05, 0) is 41.3 Å². The summed E-state index contributed by atoms with van der Waals surface area (Å²) < 4.78 is 19.9. The van der Waals surface area contributed by atoms with E-state index in [1.165, 1.54) is 6.26 Å². The maximum absolute atomic E-state index is 12.0. The van der Waals surface area contributed by atoms with Crippen molar-refractivity contribution in [3.63, 3.8) is 0 Å². The molecule has 9 heteroatoms. The van der Waals surface area contributed by atoms with Crippen LogP contribution in [0.3, 0.4) is 0 Å². The highest BCUT2D eigenvalue weighted by molar-refractivity contribution is 7.97. The standard InChI is InChI=1S/C23H25N3O5S/c1-24-23(29)17-6-4-15(5-7-17)16-8-10-18(11-9-16)25-14-21-22(28)20(27)12-19(31-21)13-26-32(2,3)30/h4-12,25,28H,2,13-14H2,1,3H3,(H,24,29)(H,26,30). The molecule has 1 aromatic heterocycles. The highest BCUT2D eigenvalue weighted by atomic mass is 32.2. The van der Waals surface area contributed by atoms with Gasteiger partial charge < -0.3 is 20.2 Å². The lowest BCUT2D eigenvalue weighted by Gasteiger charge is -2.11. The molecular formula is C23H25N3O5S. The van der Waals surface area contributed by atoms with E-state index in [2.05, 4.69) is 21.2 Å². The molecule has 3 rings (SSSR count). The molecule has 2 aromatic carbocycles. The topological polar surface area (TPSA) is 121 Å². The predicted molar refractivity (Wildman–Crippen MR) is 127 cm³/mol. The van der Waals surface area contributed by atoms with E-state index >= 15 is 0 Å². The lowest BCUT2D eigenvalue weighted by Crippen LogP contribution is -2.22. The SMILES string of the molecule is C=S(C)(=O)NCc1cc(=O)c(O)c(CNc2ccc(-c3ccc(C(=O)NC)cc3)cc2)o1. The molecule has 3 aromatic rings. The molecule has 8 nitrogen and oxygen atoms in total. The molecule has 1 unspecified atom stereocenters. The summed E-state index contributed by atoms with van der Waals surface area (Å²) in [5.41, 5.74) is 2.70. The minimum atomic E-state index is -2.46. The molecule has 1 heterocycles. The fraction of sp³-hybridized carbons (Fsp3) is 0.174. The Morgan fingerprint density at radius 1 is 1.06 bits per heavy atom. The molecule has 0 saturated carbocycles. The van der Waals surface area contributed by atoms with Crippen LogP contribution in [0.5, 0.6) is 5.75 Å². The normalized spacial score (nSPS) is 12.7. The zero-order chi connectivity index (χ0) is 23.3. The second-order valence-corrected chi connectivity index (χ2v) is 9.56. The Balaban J connectivity index is 1.69. The van der Waals surface area contributed by atoms with Crippen LogP contribution in [0.15, 0.2) is 63.8 Å². The van der Waals surface area contributed by atoms with Gasteiger partial charge in [-0.1, -0.05) is 24.3 Å². The first-order valence-corrected chi connectivity index (χ1v) is 11.9.